The van der Waals surface area contributed by atoms with Crippen molar-refractivity contribution in [3.8, 4) is 0 Å². The minimum atomic E-state index is -1.06. The SMILES string of the molecule is Cc1cc(C)cc(C(C(=O)NC(Cc2ccccc2)C(=O)OC(C)(C)C)N(C(=O)C(CC(C)C)NC(=O)OC(C)(C)C)C2CC2C)c1. The summed E-state index contributed by atoms with van der Waals surface area (Å²) in [7, 11) is 0. The average Bonchev–Trinajstić information content (AvgIpc) is 3.63. The minimum absolute atomic E-state index is 0.0632. The molecule has 2 N–H and O–H groups in total. The Hall–Kier alpha value is -3.88. The fourth-order valence-corrected chi connectivity index (χ4v) is 5.77. The van der Waals surface area contributed by atoms with E-state index < -0.39 is 47.3 Å². The van der Waals surface area contributed by atoms with Gasteiger partial charge in [-0.3, -0.25) is 9.59 Å². The predicted octanol–water partition coefficient (Wildman–Crippen LogP) is 6.59. The van der Waals surface area contributed by atoms with E-state index in [-0.39, 0.29) is 30.2 Å². The molecule has 3 rings (SSSR count). The van der Waals surface area contributed by atoms with Crippen LogP contribution in [0.25, 0.3) is 0 Å². The largest absolute Gasteiger partial charge is 0.458 e. The quantitative estimate of drug-likeness (QED) is 0.251. The highest BCUT2D eigenvalue weighted by molar-refractivity contribution is 5.94. The van der Waals surface area contributed by atoms with Crippen molar-refractivity contribution in [1.82, 2.24) is 15.5 Å². The Morgan fingerprint density at radius 1 is 0.851 bits per heavy atom. The summed E-state index contributed by atoms with van der Waals surface area (Å²) < 4.78 is 11.3. The molecule has 5 atom stereocenters. The molecule has 0 bridgehead atoms. The summed E-state index contributed by atoms with van der Waals surface area (Å²) in [4.78, 5) is 57.5. The van der Waals surface area contributed by atoms with Crippen LogP contribution in [0.4, 0.5) is 4.79 Å². The van der Waals surface area contributed by atoms with E-state index in [1.807, 2.05) is 83.1 Å². The topological polar surface area (TPSA) is 114 Å². The molecule has 47 heavy (non-hydrogen) atoms. The molecule has 5 unspecified atom stereocenters. The van der Waals surface area contributed by atoms with Gasteiger partial charge in [0, 0.05) is 12.5 Å². The molecule has 0 aliphatic heterocycles. The van der Waals surface area contributed by atoms with E-state index in [2.05, 4.69) is 10.6 Å². The molecule has 0 spiro atoms. The Bertz CT molecular complexity index is 1390. The lowest BCUT2D eigenvalue weighted by Crippen LogP contribution is -2.56. The normalized spacial score (nSPS) is 18.0. The number of esters is 1. The number of amides is 3. The first-order valence-corrected chi connectivity index (χ1v) is 16.7. The minimum Gasteiger partial charge on any atom is -0.458 e. The summed E-state index contributed by atoms with van der Waals surface area (Å²) in [6.45, 7) is 20.5. The summed E-state index contributed by atoms with van der Waals surface area (Å²) in [5, 5.41) is 5.80. The number of benzene rings is 2. The van der Waals surface area contributed by atoms with Gasteiger partial charge in [-0.1, -0.05) is 80.4 Å². The van der Waals surface area contributed by atoms with Gasteiger partial charge >= 0.3 is 12.1 Å². The highest BCUT2D eigenvalue weighted by Crippen LogP contribution is 2.41. The van der Waals surface area contributed by atoms with Crippen molar-refractivity contribution >= 4 is 23.9 Å². The van der Waals surface area contributed by atoms with Crippen molar-refractivity contribution in [3.05, 3.63) is 70.8 Å². The first-order chi connectivity index (χ1) is 21.7. The highest BCUT2D eigenvalue weighted by atomic mass is 16.6. The number of carbonyl (C=O) groups is 4. The Kier molecular flexibility index (Phi) is 12.3. The molecular weight excluding hydrogens is 594 g/mol. The number of nitrogens with zero attached hydrogens (tertiary/aromatic N) is 1. The third kappa shape index (κ3) is 11.7. The summed E-state index contributed by atoms with van der Waals surface area (Å²) in [6.07, 6.45) is 0.581. The second kappa shape index (κ2) is 15.3. The zero-order valence-corrected chi connectivity index (χ0v) is 30.1. The maximum absolute atomic E-state index is 14.7. The third-order valence-corrected chi connectivity index (χ3v) is 7.75. The maximum atomic E-state index is 14.7. The first-order valence-electron chi connectivity index (χ1n) is 16.7. The number of hydrogen-bond donors (Lipinski definition) is 2. The van der Waals surface area contributed by atoms with Crippen LogP contribution in [0.15, 0.2) is 48.5 Å². The molecule has 258 valence electrons. The van der Waals surface area contributed by atoms with Gasteiger partial charge in [0.1, 0.15) is 29.3 Å². The van der Waals surface area contributed by atoms with Gasteiger partial charge in [-0.2, -0.15) is 0 Å². The van der Waals surface area contributed by atoms with Gasteiger partial charge in [0.25, 0.3) is 0 Å². The van der Waals surface area contributed by atoms with Gasteiger partial charge in [0.05, 0.1) is 0 Å². The molecule has 2 aromatic carbocycles. The molecule has 1 aliphatic carbocycles. The van der Waals surface area contributed by atoms with Crippen LogP contribution >= 0.6 is 0 Å². The molecule has 3 amide bonds. The van der Waals surface area contributed by atoms with Crippen LogP contribution in [0.3, 0.4) is 0 Å². The van der Waals surface area contributed by atoms with Gasteiger partial charge < -0.3 is 25.0 Å². The molecule has 2 aromatic rings. The number of aryl methyl sites for hydroxylation is 2. The number of hydrogen-bond acceptors (Lipinski definition) is 6. The zero-order chi connectivity index (χ0) is 35.3. The van der Waals surface area contributed by atoms with Gasteiger partial charge in [-0.15, -0.1) is 0 Å². The van der Waals surface area contributed by atoms with Crippen molar-refractivity contribution in [2.75, 3.05) is 0 Å². The number of nitrogens with one attached hydrogen (secondary N) is 2. The fourth-order valence-electron chi connectivity index (χ4n) is 5.77. The number of carbonyl (C=O) groups excluding carboxylic acids is 4. The van der Waals surface area contributed by atoms with Gasteiger partial charge in [-0.05, 0) is 91.2 Å². The molecule has 0 saturated heterocycles. The van der Waals surface area contributed by atoms with Crippen LogP contribution in [0.5, 0.6) is 0 Å². The van der Waals surface area contributed by atoms with E-state index in [1.165, 1.54) is 0 Å². The molecule has 1 aliphatic rings. The average molecular weight is 650 g/mol. The van der Waals surface area contributed by atoms with E-state index in [1.54, 1.807) is 46.4 Å². The lowest BCUT2D eigenvalue weighted by molar-refractivity contribution is -0.159. The van der Waals surface area contributed by atoms with Crippen LogP contribution in [-0.2, 0) is 30.3 Å². The van der Waals surface area contributed by atoms with Crippen LogP contribution < -0.4 is 10.6 Å². The highest BCUT2D eigenvalue weighted by Gasteiger charge is 2.49. The van der Waals surface area contributed by atoms with Crippen molar-refractivity contribution in [2.24, 2.45) is 11.8 Å². The summed E-state index contributed by atoms with van der Waals surface area (Å²) in [5.41, 5.74) is 1.84. The van der Waals surface area contributed by atoms with E-state index in [0.717, 1.165) is 16.7 Å². The van der Waals surface area contributed by atoms with Crippen LogP contribution in [0, 0.1) is 25.7 Å². The molecule has 1 saturated carbocycles. The zero-order valence-electron chi connectivity index (χ0n) is 30.1. The predicted molar refractivity (Wildman–Crippen MR) is 184 cm³/mol. The van der Waals surface area contributed by atoms with E-state index in [9.17, 15) is 19.2 Å². The smallest absolute Gasteiger partial charge is 0.408 e. The Labute approximate surface area is 281 Å². The molecule has 0 radical (unpaired) electrons. The van der Waals surface area contributed by atoms with Crippen molar-refractivity contribution in [3.63, 3.8) is 0 Å². The van der Waals surface area contributed by atoms with Gasteiger partial charge in [0.15, 0.2) is 0 Å². The van der Waals surface area contributed by atoms with Crippen molar-refractivity contribution in [2.45, 2.75) is 131 Å². The molecule has 1 fully saturated rings. The molecule has 9 heteroatoms. The molecule has 0 heterocycles. The van der Waals surface area contributed by atoms with Crippen molar-refractivity contribution < 1.29 is 28.7 Å². The van der Waals surface area contributed by atoms with E-state index in [4.69, 9.17) is 9.47 Å². The molecule has 0 aromatic heterocycles. The second-order valence-corrected chi connectivity index (χ2v) is 15.5. The van der Waals surface area contributed by atoms with Gasteiger partial charge in [0.2, 0.25) is 11.8 Å². The summed E-state index contributed by atoms with van der Waals surface area (Å²) in [6, 6.07) is 12.0. The molecular formula is C38H55N3O6. The van der Waals surface area contributed by atoms with E-state index >= 15 is 0 Å². The monoisotopic (exact) mass is 649 g/mol. The van der Waals surface area contributed by atoms with Gasteiger partial charge in [-0.25, -0.2) is 9.59 Å². The fraction of sp³-hybridized carbons (Fsp3) is 0.579. The third-order valence-electron chi connectivity index (χ3n) is 7.75. The molecule has 9 nitrogen and oxygen atoms in total. The number of alkyl carbamates (subject to hydrolysis) is 1. The van der Waals surface area contributed by atoms with E-state index in [0.29, 0.717) is 18.4 Å². The van der Waals surface area contributed by atoms with Crippen LogP contribution in [0.1, 0.15) is 103 Å². The Morgan fingerprint density at radius 2 is 1.40 bits per heavy atom. The maximum Gasteiger partial charge on any atom is 0.408 e. The van der Waals surface area contributed by atoms with Crippen LogP contribution in [-0.4, -0.2) is 58.1 Å². The van der Waals surface area contributed by atoms with Crippen molar-refractivity contribution in [1.29, 1.82) is 0 Å². The first kappa shape index (κ1) is 37.6. The Morgan fingerprint density at radius 3 is 1.89 bits per heavy atom. The second-order valence-electron chi connectivity index (χ2n) is 15.5. The lowest BCUT2D eigenvalue weighted by atomic mass is 9.96. The Balaban J connectivity index is 2.10. The summed E-state index contributed by atoms with van der Waals surface area (Å²) in [5.74, 6) is -1.21. The lowest BCUT2D eigenvalue weighted by Gasteiger charge is -2.36. The summed E-state index contributed by atoms with van der Waals surface area (Å²) >= 11 is 0. The number of rotatable bonds is 12. The number of ether oxygens (including phenoxy) is 2. The standard InChI is InChI=1S/C38H55N3O6/c1-23(2)17-29(40-36(45)47-38(9,10)11)34(43)41(31-21-26(31)5)32(28-19-24(3)18-25(4)20-28)33(42)39-30(35(44)46-37(6,7)8)22-27-15-13-12-14-16-27/h12-16,18-20,23,26,29-32H,17,21-22H2,1-11H3,(H,39,42)(H,40,45). The van der Waals surface area contributed by atoms with Crippen LogP contribution in [0.2, 0.25) is 0 Å².